The minimum atomic E-state index is -0.294. The number of ether oxygens (including phenoxy) is 1. The van der Waals surface area contributed by atoms with E-state index in [0.717, 1.165) is 37.3 Å². The van der Waals surface area contributed by atoms with Crippen LogP contribution in [0.5, 0.6) is 5.75 Å². The Hall–Kier alpha value is -1.85. The van der Waals surface area contributed by atoms with Gasteiger partial charge >= 0.3 is 0 Å². The second-order valence-corrected chi connectivity index (χ2v) is 6.87. The number of likely N-dealkylation sites (tertiary alicyclic amines) is 1. The van der Waals surface area contributed by atoms with Gasteiger partial charge in [0.25, 0.3) is 0 Å². The molecule has 2 heterocycles. The van der Waals surface area contributed by atoms with Gasteiger partial charge in [0.1, 0.15) is 5.75 Å². The third-order valence-electron chi connectivity index (χ3n) is 5.21. The first-order chi connectivity index (χ1) is 12.1. The van der Waals surface area contributed by atoms with Crippen molar-refractivity contribution >= 4 is 0 Å². The first-order valence-corrected chi connectivity index (χ1v) is 9.24. The Balaban J connectivity index is 1.76. The highest BCUT2D eigenvalue weighted by atomic mass is 16.5. The predicted octanol–water partition coefficient (Wildman–Crippen LogP) is 3.56. The molecule has 2 aromatic rings. The molecule has 1 saturated heterocycles. The second-order valence-electron chi connectivity index (χ2n) is 6.87. The van der Waals surface area contributed by atoms with E-state index in [1.165, 1.54) is 5.56 Å². The Labute approximate surface area is 150 Å². The highest BCUT2D eigenvalue weighted by molar-refractivity contribution is 5.31. The minimum Gasteiger partial charge on any atom is -0.497 e. The van der Waals surface area contributed by atoms with Gasteiger partial charge < -0.3 is 9.84 Å². The monoisotopic (exact) mass is 343 g/mol. The van der Waals surface area contributed by atoms with Crippen molar-refractivity contribution < 1.29 is 9.84 Å². The quantitative estimate of drug-likeness (QED) is 0.835. The number of nitrogens with zero attached hydrogens (tertiary/aromatic N) is 3. The van der Waals surface area contributed by atoms with Gasteiger partial charge in [-0.05, 0) is 43.0 Å². The summed E-state index contributed by atoms with van der Waals surface area (Å²) >= 11 is 0. The molecule has 5 heteroatoms. The van der Waals surface area contributed by atoms with E-state index in [0.29, 0.717) is 12.6 Å². The second kappa shape index (κ2) is 8.02. The zero-order valence-corrected chi connectivity index (χ0v) is 15.4. The molecule has 1 fully saturated rings. The van der Waals surface area contributed by atoms with E-state index in [9.17, 15) is 5.11 Å². The highest BCUT2D eigenvalue weighted by Crippen LogP contribution is 2.34. The summed E-state index contributed by atoms with van der Waals surface area (Å²) in [4.78, 5) is 2.32. The van der Waals surface area contributed by atoms with Gasteiger partial charge in [-0.2, -0.15) is 5.10 Å². The fourth-order valence-corrected chi connectivity index (χ4v) is 3.79. The summed E-state index contributed by atoms with van der Waals surface area (Å²) in [5.74, 6) is 0.858. The van der Waals surface area contributed by atoms with Crippen LogP contribution in [-0.2, 0) is 6.54 Å². The molecular weight excluding hydrogens is 314 g/mol. The van der Waals surface area contributed by atoms with Crippen LogP contribution in [0.4, 0.5) is 0 Å². The zero-order chi connectivity index (χ0) is 17.8. The number of aromatic nitrogens is 2. The van der Waals surface area contributed by atoms with Crippen molar-refractivity contribution in [2.45, 2.75) is 57.8 Å². The fourth-order valence-electron chi connectivity index (χ4n) is 3.79. The zero-order valence-electron chi connectivity index (χ0n) is 15.4. The molecule has 0 aliphatic carbocycles. The molecule has 1 N–H and O–H groups in total. The van der Waals surface area contributed by atoms with Gasteiger partial charge in [0.05, 0.1) is 24.9 Å². The average Bonchev–Trinajstić information content (AvgIpc) is 3.23. The number of rotatable bonds is 7. The first kappa shape index (κ1) is 18.0. The van der Waals surface area contributed by atoms with Crippen LogP contribution in [0.1, 0.15) is 56.5 Å². The number of aliphatic hydroxyl groups is 1. The summed E-state index contributed by atoms with van der Waals surface area (Å²) in [5, 5.41) is 15.0. The molecule has 0 radical (unpaired) electrons. The molecule has 0 unspecified atom stereocenters. The van der Waals surface area contributed by atoms with Crippen LogP contribution in [0, 0.1) is 0 Å². The number of aliphatic hydroxyl groups excluding tert-OH is 1. The Morgan fingerprint density at radius 3 is 2.80 bits per heavy atom. The predicted molar refractivity (Wildman–Crippen MR) is 98.6 cm³/mol. The van der Waals surface area contributed by atoms with Gasteiger partial charge in [-0.25, -0.2) is 0 Å². The Kier molecular flexibility index (Phi) is 5.76. The molecule has 1 aromatic carbocycles. The SMILES string of the molecule is CCC(CC)n1ccc(CN2C[C@@H](O)C[C@@H]2c2cccc(OC)c2)n1. The maximum atomic E-state index is 10.2. The van der Waals surface area contributed by atoms with Crippen LogP contribution >= 0.6 is 0 Å². The number of benzene rings is 1. The smallest absolute Gasteiger partial charge is 0.119 e. The van der Waals surface area contributed by atoms with Crippen LogP contribution in [0.15, 0.2) is 36.5 Å². The summed E-state index contributed by atoms with van der Waals surface area (Å²) in [5.41, 5.74) is 2.25. The van der Waals surface area contributed by atoms with Gasteiger partial charge in [-0.1, -0.05) is 26.0 Å². The Bertz CT molecular complexity index is 681. The summed E-state index contributed by atoms with van der Waals surface area (Å²) in [6.45, 7) is 5.84. The molecule has 1 aliphatic rings. The topological polar surface area (TPSA) is 50.5 Å². The number of methoxy groups -OCH3 is 1. The van der Waals surface area contributed by atoms with Crippen LogP contribution in [0.2, 0.25) is 0 Å². The lowest BCUT2D eigenvalue weighted by Crippen LogP contribution is -2.24. The highest BCUT2D eigenvalue weighted by Gasteiger charge is 2.32. The van der Waals surface area contributed by atoms with Crippen LogP contribution in [-0.4, -0.2) is 39.5 Å². The Morgan fingerprint density at radius 1 is 1.28 bits per heavy atom. The summed E-state index contributed by atoms with van der Waals surface area (Å²) in [6, 6.07) is 10.9. The van der Waals surface area contributed by atoms with E-state index in [1.807, 2.05) is 12.1 Å². The molecule has 3 rings (SSSR count). The number of hydrogen-bond donors (Lipinski definition) is 1. The third-order valence-corrected chi connectivity index (χ3v) is 5.21. The van der Waals surface area contributed by atoms with Crippen molar-refractivity contribution in [3.63, 3.8) is 0 Å². The van der Waals surface area contributed by atoms with E-state index in [4.69, 9.17) is 9.84 Å². The molecule has 1 aromatic heterocycles. The van der Waals surface area contributed by atoms with Crippen LogP contribution in [0.25, 0.3) is 0 Å². The molecule has 25 heavy (non-hydrogen) atoms. The lowest BCUT2D eigenvalue weighted by molar-refractivity contribution is 0.172. The number of β-amino-alcohol motifs (C(OH)–C–C–N with tert-alkyl or cyclic N) is 1. The molecule has 136 valence electrons. The first-order valence-electron chi connectivity index (χ1n) is 9.24. The van der Waals surface area contributed by atoms with Crippen molar-refractivity contribution in [3.05, 3.63) is 47.8 Å². The van der Waals surface area contributed by atoms with E-state index in [1.54, 1.807) is 7.11 Å². The average molecular weight is 343 g/mol. The lowest BCUT2D eigenvalue weighted by atomic mass is 10.0. The van der Waals surface area contributed by atoms with Crippen molar-refractivity contribution in [1.29, 1.82) is 0 Å². The summed E-state index contributed by atoms with van der Waals surface area (Å²) < 4.78 is 7.44. The van der Waals surface area contributed by atoms with Gasteiger partial charge in [0.15, 0.2) is 0 Å². The summed E-state index contributed by atoms with van der Waals surface area (Å²) in [7, 11) is 1.69. The van der Waals surface area contributed by atoms with E-state index in [-0.39, 0.29) is 12.1 Å². The minimum absolute atomic E-state index is 0.198. The van der Waals surface area contributed by atoms with Gasteiger partial charge in [-0.3, -0.25) is 9.58 Å². The van der Waals surface area contributed by atoms with Crippen molar-refractivity contribution in [2.24, 2.45) is 0 Å². The van der Waals surface area contributed by atoms with Gasteiger partial charge in [-0.15, -0.1) is 0 Å². The van der Waals surface area contributed by atoms with Gasteiger partial charge in [0, 0.05) is 25.3 Å². The van der Waals surface area contributed by atoms with Gasteiger partial charge in [0.2, 0.25) is 0 Å². The standard InChI is InChI=1S/C20H29N3O2/c1-4-17(5-2)23-10-9-16(21-23)13-22-14-18(24)12-20(22)15-7-6-8-19(11-15)25-3/h6-11,17-18,20,24H,4-5,12-14H2,1-3H3/t18-,20+/m0/s1. The molecule has 0 bridgehead atoms. The van der Waals surface area contributed by atoms with E-state index < -0.39 is 0 Å². The van der Waals surface area contributed by atoms with Crippen molar-refractivity contribution in [2.75, 3.05) is 13.7 Å². The number of hydrogen-bond acceptors (Lipinski definition) is 4. The molecule has 0 saturated carbocycles. The molecule has 0 spiro atoms. The van der Waals surface area contributed by atoms with Crippen molar-refractivity contribution in [1.82, 2.24) is 14.7 Å². The maximum Gasteiger partial charge on any atom is 0.119 e. The molecule has 5 nitrogen and oxygen atoms in total. The molecule has 1 aliphatic heterocycles. The van der Waals surface area contributed by atoms with Crippen LogP contribution in [0.3, 0.4) is 0 Å². The molecule has 0 amide bonds. The molecular formula is C20H29N3O2. The lowest BCUT2D eigenvalue weighted by Gasteiger charge is -2.24. The van der Waals surface area contributed by atoms with E-state index in [2.05, 4.69) is 47.8 Å². The van der Waals surface area contributed by atoms with Crippen LogP contribution < -0.4 is 4.74 Å². The Morgan fingerprint density at radius 2 is 2.08 bits per heavy atom. The summed E-state index contributed by atoms with van der Waals surface area (Å²) in [6.07, 6.45) is 4.72. The normalized spacial score (nSPS) is 21.2. The largest absolute Gasteiger partial charge is 0.497 e. The third kappa shape index (κ3) is 4.05. The maximum absolute atomic E-state index is 10.2. The fraction of sp³-hybridized carbons (Fsp3) is 0.550. The van der Waals surface area contributed by atoms with E-state index >= 15 is 0 Å². The van der Waals surface area contributed by atoms with Crippen molar-refractivity contribution in [3.8, 4) is 5.75 Å². The molecule has 2 atom stereocenters.